The van der Waals surface area contributed by atoms with E-state index < -0.39 is 6.61 Å². The number of nitrogens with one attached hydrogen (secondary N) is 2. The molecule has 2 aromatic rings. The van der Waals surface area contributed by atoms with Crippen molar-refractivity contribution in [3.8, 4) is 5.75 Å². The van der Waals surface area contributed by atoms with E-state index in [1.165, 1.54) is 24.3 Å². The summed E-state index contributed by atoms with van der Waals surface area (Å²) in [6, 6.07) is 12.6. The van der Waals surface area contributed by atoms with E-state index in [4.69, 9.17) is 11.6 Å². The highest BCUT2D eigenvalue weighted by Crippen LogP contribution is 2.18. The van der Waals surface area contributed by atoms with Crippen LogP contribution in [0.15, 0.2) is 48.5 Å². The fourth-order valence-electron chi connectivity index (χ4n) is 1.67. The molecule has 116 valence electrons. The molecule has 0 fully saturated rings. The van der Waals surface area contributed by atoms with Crippen LogP contribution in [-0.2, 0) is 4.79 Å². The first kappa shape index (κ1) is 16.0. The van der Waals surface area contributed by atoms with Gasteiger partial charge in [-0.2, -0.15) is 8.78 Å². The first-order valence-electron chi connectivity index (χ1n) is 6.37. The summed E-state index contributed by atoms with van der Waals surface area (Å²) in [7, 11) is 0. The molecule has 0 heterocycles. The van der Waals surface area contributed by atoms with Gasteiger partial charge in [0.1, 0.15) is 5.75 Å². The maximum atomic E-state index is 12.0. The lowest BCUT2D eigenvalue weighted by Crippen LogP contribution is -2.21. The Morgan fingerprint density at radius 1 is 1.05 bits per heavy atom. The fourth-order valence-corrected chi connectivity index (χ4v) is 1.80. The predicted octanol–water partition coefficient (Wildman–Crippen LogP) is 3.99. The molecule has 0 aromatic heterocycles. The number of amides is 1. The van der Waals surface area contributed by atoms with Gasteiger partial charge in [-0.1, -0.05) is 11.6 Å². The molecule has 0 atom stereocenters. The molecule has 0 radical (unpaired) electrons. The van der Waals surface area contributed by atoms with Gasteiger partial charge in [0.25, 0.3) is 0 Å². The monoisotopic (exact) mass is 326 g/mol. The van der Waals surface area contributed by atoms with Crippen LogP contribution in [0.1, 0.15) is 0 Å². The van der Waals surface area contributed by atoms with Crippen molar-refractivity contribution in [1.82, 2.24) is 0 Å². The van der Waals surface area contributed by atoms with Gasteiger partial charge < -0.3 is 15.4 Å². The molecule has 2 aromatic carbocycles. The Morgan fingerprint density at radius 3 is 2.23 bits per heavy atom. The normalized spacial score (nSPS) is 10.4. The van der Waals surface area contributed by atoms with Gasteiger partial charge in [-0.05, 0) is 48.5 Å². The Bertz CT molecular complexity index is 618. The highest BCUT2D eigenvalue weighted by atomic mass is 35.5. The van der Waals surface area contributed by atoms with Gasteiger partial charge >= 0.3 is 6.61 Å². The predicted molar refractivity (Wildman–Crippen MR) is 81.6 cm³/mol. The molecule has 0 unspecified atom stereocenters. The average Bonchev–Trinajstić information content (AvgIpc) is 2.48. The highest BCUT2D eigenvalue weighted by molar-refractivity contribution is 6.30. The Balaban J connectivity index is 1.82. The zero-order chi connectivity index (χ0) is 15.9. The lowest BCUT2D eigenvalue weighted by atomic mass is 10.3. The maximum absolute atomic E-state index is 12.0. The number of halogens is 3. The van der Waals surface area contributed by atoms with Gasteiger partial charge in [0, 0.05) is 16.4 Å². The topological polar surface area (TPSA) is 50.4 Å². The number of carbonyl (C=O) groups is 1. The number of alkyl halides is 2. The molecule has 0 saturated carbocycles. The van der Waals surface area contributed by atoms with Crippen LogP contribution in [0.2, 0.25) is 5.02 Å². The quantitative estimate of drug-likeness (QED) is 0.844. The number of hydrogen-bond acceptors (Lipinski definition) is 3. The molecule has 1 amide bonds. The fraction of sp³-hybridized carbons (Fsp3) is 0.133. The summed E-state index contributed by atoms with van der Waals surface area (Å²) >= 11 is 5.76. The molecule has 0 aliphatic carbocycles. The summed E-state index contributed by atoms with van der Waals surface area (Å²) in [6.07, 6.45) is 0. The standard InChI is InChI=1S/C15H13ClF2N2O2/c16-10-1-3-11(4-2-10)19-9-14(21)20-12-5-7-13(8-6-12)22-15(17)18/h1-8,15,19H,9H2,(H,20,21). The molecule has 0 aliphatic heterocycles. The Morgan fingerprint density at radius 2 is 1.64 bits per heavy atom. The molecule has 2 N–H and O–H groups in total. The second-order valence-electron chi connectivity index (χ2n) is 4.31. The van der Waals surface area contributed by atoms with Crippen molar-refractivity contribution in [1.29, 1.82) is 0 Å². The Labute approximate surface area is 131 Å². The third-order valence-corrected chi connectivity index (χ3v) is 2.91. The van der Waals surface area contributed by atoms with Gasteiger partial charge in [-0.3, -0.25) is 4.79 Å². The molecule has 0 spiro atoms. The van der Waals surface area contributed by atoms with Crippen molar-refractivity contribution in [2.24, 2.45) is 0 Å². The van der Waals surface area contributed by atoms with Crippen molar-refractivity contribution < 1.29 is 18.3 Å². The van der Waals surface area contributed by atoms with Gasteiger partial charge in [-0.15, -0.1) is 0 Å². The lowest BCUT2D eigenvalue weighted by Gasteiger charge is -2.09. The Hall–Kier alpha value is -2.34. The smallest absolute Gasteiger partial charge is 0.387 e. The Kier molecular flexibility index (Phi) is 5.55. The molecule has 0 aliphatic rings. The summed E-state index contributed by atoms with van der Waals surface area (Å²) in [4.78, 5) is 11.8. The van der Waals surface area contributed by atoms with Crippen LogP contribution in [0, 0.1) is 0 Å². The van der Waals surface area contributed by atoms with Crippen molar-refractivity contribution in [3.63, 3.8) is 0 Å². The molecular weight excluding hydrogens is 314 g/mol. The average molecular weight is 327 g/mol. The third-order valence-electron chi connectivity index (χ3n) is 2.66. The van der Waals surface area contributed by atoms with E-state index in [1.54, 1.807) is 24.3 Å². The minimum Gasteiger partial charge on any atom is -0.435 e. The number of anilines is 2. The minimum atomic E-state index is -2.87. The van der Waals surface area contributed by atoms with Gasteiger partial charge in [0.15, 0.2) is 0 Å². The molecular formula is C15H13ClF2N2O2. The SMILES string of the molecule is O=C(CNc1ccc(Cl)cc1)Nc1ccc(OC(F)F)cc1. The molecule has 22 heavy (non-hydrogen) atoms. The number of ether oxygens (including phenoxy) is 1. The van der Waals surface area contributed by atoms with E-state index in [0.29, 0.717) is 10.7 Å². The first-order chi connectivity index (χ1) is 10.5. The number of carbonyl (C=O) groups excluding carboxylic acids is 1. The lowest BCUT2D eigenvalue weighted by molar-refractivity contribution is -0.114. The van der Waals surface area contributed by atoms with Gasteiger partial charge in [0.2, 0.25) is 5.91 Å². The summed E-state index contributed by atoms with van der Waals surface area (Å²) in [5.41, 5.74) is 1.25. The molecule has 7 heteroatoms. The van der Waals surface area contributed by atoms with E-state index in [1.807, 2.05) is 0 Å². The molecule has 2 rings (SSSR count). The summed E-state index contributed by atoms with van der Waals surface area (Å²) in [5.74, 6) is -0.232. The van der Waals surface area contributed by atoms with E-state index in [0.717, 1.165) is 5.69 Å². The first-order valence-corrected chi connectivity index (χ1v) is 6.75. The van der Waals surface area contributed by atoms with Crippen LogP contribution in [0.3, 0.4) is 0 Å². The van der Waals surface area contributed by atoms with E-state index in [9.17, 15) is 13.6 Å². The molecule has 4 nitrogen and oxygen atoms in total. The zero-order valence-corrected chi connectivity index (χ0v) is 12.1. The molecule has 0 bridgehead atoms. The second kappa shape index (κ2) is 7.61. The minimum absolute atomic E-state index is 0.0345. The van der Waals surface area contributed by atoms with Crippen LogP contribution < -0.4 is 15.4 Å². The van der Waals surface area contributed by atoms with Gasteiger partial charge in [0.05, 0.1) is 6.54 Å². The second-order valence-corrected chi connectivity index (χ2v) is 4.75. The van der Waals surface area contributed by atoms with Crippen LogP contribution in [0.25, 0.3) is 0 Å². The van der Waals surface area contributed by atoms with E-state index in [-0.39, 0.29) is 18.2 Å². The number of benzene rings is 2. The highest BCUT2D eigenvalue weighted by Gasteiger charge is 2.05. The summed E-state index contributed by atoms with van der Waals surface area (Å²) in [5, 5.41) is 6.18. The van der Waals surface area contributed by atoms with Crippen LogP contribution >= 0.6 is 11.6 Å². The van der Waals surface area contributed by atoms with Crippen molar-refractivity contribution >= 4 is 28.9 Å². The third kappa shape index (κ3) is 5.21. The maximum Gasteiger partial charge on any atom is 0.387 e. The summed E-state index contributed by atoms with van der Waals surface area (Å²) < 4.78 is 28.2. The van der Waals surface area contributed by atoms with Crippen LogP contribution in [-0.4, -0.2) is 19.1 Å². The van der Waals surface area contributed by atoms with E-state index >= 15 is 0 Å². The van der Waals surface area contributed by atoms with Gasteiger partial charge in [-0.25, -0.2) is 0 Å². The number of hydrogen-bond donors (Lipinski definition) is 2. The molecule has 0 saturated heterocycles. The zero-order valence-electron chi connectivity index (χ0n) is 11.4. The van der Waals surface area contributed by atoms with Crippen LogP contribution in [0.5, 0.6) is 5.75 Å². The van der Waals surface area contributed by atoms with Crippen molar-refractivity contribution in [3.05, 3.63) is 53.6 Å². The van der Waals surface area contributed by atoms with Crippen molar-refractivity contribution in [2.45, 2.75) is 6.61 Å². The van der Waals surface area contributed by atoms with E-state index in [2.05, 4.69) is 15.4 Å². The van der Waals surface area contributed by atoms with Crippen molar-refractivity contribution in [2.75, 3.05) is 17.2 Å². The summed E-state index contributed by atoms with van der Waals surface area (Å²) in [6.45, 7) is -2.80. The number of rotatable bonds is 6. The van der Waals surface area contributed by atoms with Crippen LogP contribution in [0.4, 0.5) is 20.2 Å². The largest absolute Gasteiger partial charge is 0.435 e.